The predicted molar refractivity (Wildman–Crippen MR) is 116 cm³/mol. The molecule has 0 radical (unpaired) electrons. The van der Waals surface area contributed by atoms with Crippen LogP contribution >= 0.6 is 7.82 Å². The van der Waals surface area contributed by atoms with Gasteiger partial charge in [-0.2, -0.15) is 0 Å². The van der Waals surface area contributed by atoms with Gasteiger partial charge in [0.2, 0.25) is 5.91 Å². The third kappa shape index (κ3) is 7.96. The van der Waals surface area contributed by atoms with Crippen LogP contribution in [0.3, 0.4) is 0 Å². The van der Waals surface area contributed by atoms with Gasteiger partial charge in [0.15, 0.2) is 6.29 Å². The van der Waals surface area contributed by atoms with Crippen LogP contribution in [0.2, 0.25) is 0 Å². The summed E-state index contributed by atoms with van der Waals surface area (Å²) < 4.78 is 37.4. The van der Waals surface area contributed by atoms with Gasteiger partial charge < -0.3 is 64.7 Å². The summed E-state index contributed by atoms with van der Waals surface area (Å²) >= 11 is 0. The van der Waals surface area contributed by atoms with Gasteiger partial charge in [-0.15, -0.1) is 6.58 Å². The van der Waals surface area contributed by atoms with Gasteiger partial charge in [0.05, 0.1) is 19.8 Å². The molecule has 9 N–H and O–H groups in total. The number of aliphatic carboxylic acids is 1. The molecule has 1 amide bonds. The second-order valence-corrected chi connectivity index (χ2v) is 9.60. The number of phosphoric ester groups is 1. The van der Waals surface area contributed by atoms with E-state index in [0.717, 1.165) is 6.92 Å². The van der Waals surface area contributed by atoms with Gasteiger partial charge in [-0.1, -0.05) is 6.08 Å². The van der Waals surface area contributed by atoms with Crippen molar-refractivity contribution in [2.45, 2.75) is 74.2 Å². The van der Waals surface area contributed by atoms with E-state index in [4.69, 9.17) is 28.7 Å². The molecule has 37 heavy (non-hydrogen) atoms. The summed E-state index contributed by atoms with van der Waals surface area (Å²) in [5.74, 6) is -5.29. The first-order chi connectivity index (χ1) is 17.2. The number of carboxylic acids is 1. The average Bonchev–Trinajstić information content (AvgIpc) is 2.80. The summed E-state index contributed by atoms with van der Waals surface area (Å²) in [7, 11) is -5.29. The van der Waals surface area contributed by atoms with Crippen LogP contribution in [0.25, 0.3) is 0 Å². The highest BCUT2D eigenvalue weighted by molar-refractivity contribution is 7.46. The largest absolute Gasteiger partial charge is 0.477 e. The van der Waals surface area contributed by atoms with Crippen molar-refractivity contribution in [2.75, 3.05) is 19.8 Å². The zero-order valence-electron chi connectivity index (χ0n) is 19.6. The molecule has 0 aromatic heterocycles. The van der Waals surface area contributed by atoms with Crippen molar-refractivity contribution in [1.82, 2.24) is 5.32 Å². The van der Waals surface area contributed by atoms with Gasteiger partial charge in [-0.3, -0.25) is 9.32 Å². The topological polar surface area (TPSA) is 271 Å². The van der Waals surface area contributed by atoms with Crippen molar-refractivity contribution in [3.63, 3.8) is 0 Å². The van der Waals surface area contributed by atoms with Gasteiger partial charge in [0, 0.05) is 13.3 Å². The number of hydrogen-bond donors (Lipinski definition) is 9. The molecule has 18 heteroatoms. The van der Waals surface area contributed by atoms with Crippen molar-refractivity contribution < 1.29 is 78.1 Å². The maximum atomic E-state index is 12.2. The fourth-order valence-corrected chi connectivity index (χ4v) is 4.44. The van der Waals surface area contributed by atoms with E-state index >= 15 is 0 Å². The van der Waals surface area contributed by atoms with Crippen LogP contribution in [0, 0.1) is 0 Å². The molecular weight excluding hydrogens is 529 g/mol. The standard InChI is InChI=1S/C19H32NO16P/c1-3-4-32-17-12(20-8(2)22)15(26)13(24)11(34-17)7-33-19(18(27)28)5-10(36-37(29,30)31)14(25)16(35-19)9(23)6-21/h3,9-17,21,23-26H,1,4-7H2,2H3,(H,20,22)(H,27,28)(H2,29,30,31)/t9-,10-,11-,12-,13-,14-,15-,16-,17-,19-/m1/s1. The Morgan fingerprint density at radius 1 is 1.24 bits per heavy atom. The Kier molecular flexibility index (Phi) is 11.1. The number of ether oxygens (including phenoxy) is 4. The molecule has 2 saturated heterocycles. The van der Waals surface area contributed by atoms with E-state index in [-0.39, 0.29) is 6.61 Å². The Hall–Kier alpha value is -1.57. The second kappa shape index (κ2) is 13.0. The Balaban J connectivity index is 2.31. The van der Waals surface area contributed by atoms with Gasteiger partial charge in [-0.25, -0.2) is 9.36 Å². The molecular formula is C19H32NO16P. The average molecular weight is 561 g/mol. The molecule has 2 aliphatic rings. The third-order valence-electron chi connectivity index (χ3n) is 5.61. The fraction of sp³-hybridized carbons (Fsp3) is 0.789. The van der Waals surface area contributed by atoms with E-state index in [1.165, 1.54) is 6.08 Å². The molecule has 0 spiro atoms. The van der Waals surface area contributed by atoms with Gasteiger partial charge in [0.1, 0.15) is 48.8 Å². The second-order valence-electron chi connectivity index (χ2n) is 8.40. The normalized spacial score (nSPS) is 37.5. The van der Waals surface area contributed by atoms with E-state index < -0.39 is 100 Å². The van der Waals surface area contributed by atoms with Crippen LogP contribution in [-0.2, 0) is 37.6 Å². The first-order valence-electron chi connectivity index (χ1n) is 10.9. The van der Waals surface area contributed by atoms with Crippen molar-refractivity contribution in [3.8, 4) is 0 Å². The van der Waals surface area contributed by atoms with E-state index in [0.29, 0.717) is 0 Å². The number of phosphoric acid groups is 1. The van der Waals surface area contributed by atoms with Gasteiger partial charge in [0.25, 0.3) is 5.79 Å². The highest BCUT2D eigenvalue weighted by Gasteiger charge is 2.57. The smallest absolute Gasteiger partial charge is 0.469 e. The molecule has 0 aromatic rings. The Labute approximate surface area is 210 Å². The Bertz CT molecular complexity index is 854. The first-order valence-corrected chi connectivity index (χ1v) is 12.5. The minimum atomic E-state index is -5.29. The van der Waals surface area contributed by atoms with Crippen molar-refractivity contribution in [1.29, 1.82) is 0 Å². The first kappa shape index (κ1) is 31.6. The Morgan fingerprint density at radius 3 is 2.41 bits per heavy atom. The van der Waals surface area contributed by atoms with Crippen molar-refractivity contribution in [2.24, 2.45) is 0 Å². The summed E-state index contributed by atoms with van der Waals surface area (Å²) in [5, 5.41) is 62.9. The molecule has 0 aliphatic carbocycles. The number of carbonyl (C=O) groups excluding carboxylic acids is 1. The maximum absolute atomic E-state index is 12.2. The van der Waals surface area contributed by atoms with Crippen molar-refractivity contribution in [3.05, 3.63) is 12.7 Å². The molecule has 0 bridgehead atoms. The summed E-state index contributed by atoms with van der Waals surface area (Å²) in [6.07, 6.45) is -13.8. The molecule has 0 saturated carbocycles. The van der Waals surface area contributed by atoms with Crippen LogP contribution in [0.5, 0.6) is 0 Å². The van der Waals surface area contributed by atoms with E-state index in [1.54, 1.807) is 0 Å². The summed E-state index contributed by atoms with van der Waals surface area (Å²) in [5.41, 5.74) is 0. The lowest BCUT2D eigenvalue weighted by atomic mass is 9.92. The number of aliphatic hydroxyl groups excluding tert-OH is 5. The predicted octanol–water partition coefficient (Wildman–Crippen LogP) is -4.08. The third-order valence-corrected chi connectivity index (χ3v) is 6.15. The van der Waals surface area contributed by atoms with Gasteiger partial charge in [-0.05, 0) is 0 Å². The number of rotatable bonds is 12. The summed E-state index contributed by atoms with van der Waals surface area (Å²) in [6.45, 7) is 2.64. The van der Waals surface area contributed by atoms with Crippen LogP contribution in [0.4, 0.5) is 0 Å². The lowest BCUT2D eigenvalue weighted by Crippen LogP contribution is -2.66. The number of amides is 1. The lowest BCUT2D eigenvalue weighted by molar-refractivity contribution is -0.337. The lowest BCUT2D eigenvalue weighted by Gasteiger charge is -2.46. The highest BCUT2D eigenvalue weighted by atomic mass is 31.2. The molecule has 2 fully saturated rings. The molecule has 0 aromatic carbocycles. The Morgan fingerprint density at radius 2 is 1.89 bits per heavy atom. The highest BCUT2D eigenvalue weighted by Crippen LogP contribution is 2.44. The van der Waals surface area contributed by atoms with Crippen LogP contribution < -0.4 is 5.32 Å². The molecule has 2 rings (SSSR count). The van der Waals surface area contributed by atoms with Crippen LogP contribution in [0.1, 0.15) is 13.3 Å². The molecule has 0 unspecified atom stereocenters. The SMILES string of the molecule is C=CCO[C@@H]1O[C@H](CO[C@]2(C(=O)O)C[C@@H](OP(=O)(O)O)[C@@H](O)[C@@H]([C@H](O)CO)O2)[C@@H](O)[C@H](O)[C@H]1NC(C)=O. The van der Waals surface area contributed by atoms with Crippen molar-refractivity contribution >= 4 is 19.7 Å². The molecule has 2 heterocycles. The monoisotopic (exact) mass is 561 g/mol. The summed E-state index contributed by atoms with van der Waals surface area (Å²) in [4.78, 5) is 42.0. The fourth-order valence-electron chi connectivity index (χ4n) is 3.89. The number of nitrogens with one attached hydrogen (secondary N) is 1. The zero-order valence-corrected chi connectivity index (χ0v) is 20.5. The van der Waals surface area contributed by atoms with E-state index in [1.807, 2.05) is 0 Å². The number of carbonyl (C=O) groups is 2. The molecule has 10 atom stereocenters. The van der Waals surface area contributed by atoms with Crippen LogP contribution in [-0.4, -0.2) is 133 Å². The number of aliphatic hydroxyl groups is 5. The van der Waals surface area contributed by atoms with Gasteiger partial charge >= 0.3 is 13.8 Å². The molecule has 2 aliphatic heterocycles. The minimum absolute atomic E-state index is 0.0979. The zero-order chi connectivity index (χ0) is 28.1. The summed E-state index contributed by atoms with van der Waals surface area (Å²) in [6, 6.07) is -1.23. The van der Waals surface area contributed by atoms with Crippen LogP contribution in [0.15, 0.2) is 12.7 Å². The molecule has 214 valence electrons. The number of hydrogen-bond acceptors (Lipinski definition) is 13. The van der Waals surface area contributed by atoms with E-state index in [2.05, 4.69) is 16.4 Å². The maximum Gasteiger partial charge on any atom is 0.469 e. The number of carboxylic acid groups (broad SMARTS) is 1. The molecule has 17 nitrogen and oxygen atoms in total. The minimum Gasteiger partial charge on any atom is -0.477 e. The van der Waals surface area contributed by atoms with E-state index in [9.17, 15) is 44.8 Å². The quantitative estimate of drug-likeness (QED) is 0.0809.